The summed E-state index contributed by atoms with van der Waals surface area (Å²) < 4.78 is 20.5. The molecule has 2 aromatic carbocycles. The number of ether oxygens (including phenoxy) is 1. The first-order valence-corrected chi connectivity index (χ1v) is 9.23. The monoisotopic (exact) mass is 401 g/mol. The molecule has 146 valence electrons. The van der Waals surface area contributed by atoms with Gasteiger partial charge in [0.2, 0.25) is 0 Å². The summed E-state index contributed by atoms with van der Waals surface area (Å²) in [5, 5.41) is 0.575. The van der Waals surface area contributed by atoms with Crippen LogP contribution in [0.2, 0.25) is 5.02 Å². The van der Waals surface area contributed by atoms with Crippen molar-refractivity contribution < 1.29 is 13.9 Å². The van der Waals surface area contributed by atoms with E-state index in [-0.39, 0.29) is 11.7 Å². The van der Waals surface area contributed by atoms with E-state index in [9.17, 15) is 9.18 Å². The minimum absolute atomic E-state index is 0.131. The fourth-order valence-electron chi connectivity index (χ4n) is 2.87. The molecule has 1 aromatic heterocycles. The Balaban J connectivity index is 1.78. The molecule has 0 N–H and O–H groups in total. The number of hydrogen-bond donors (Lipinski definition) is 0. The van der Waals surface area contributed by atoms with Crippen molar-refractivity contribution >= 4 is 17.5 Å². The number of nitrogens with zero attached hydrogens (tertiary/aromatic N) is 3. The van der Waals surface area contributed by atoms with Crippen molar-refractivity contribution in [1.82, 2.24) is 14.5 Å². The Morgan fingerprint density at radius 2 is 2.04 bits per heavy atom. The predicted octanol–water partition coefficient (Wildman–Crippen LogP) is 4.01. The zero-order valence-electron chi connectivity index (χ0n) is 15.5. The summed E-state index contributed by atoms with van der Waals surface area (Å²) in [6.45, 7) is 1.61. The number of aromatic nitrogens is 2. The van der Waals surface area contributed by atoms with Gasteiger partial charge in [-0.1, -0.05) is 23.7 Å². The Morgan fingerprint density at radius 3 is 2.75 bits per heavy atom. The van der Waals surface area contributed by atoms with Crippen molar-refractivity contribution in [3.05, 3.63) is 88.7 Å². The Labute approximate surface area is 168 Å². The van der Waals surface area contributed by atoms with E-state index in [1.165, 1.54) is 12.1 Å². The molecule has 0 fully saturated rings. The van der Waals surface area contributed by atoms with Gasteiger partial charge in [-0.25, -0.2) is 9.37 Å². The lowest BCUT2D eigenvalue weighted by Crippen LogP contribution is -2.34. The molecule has 7 heteroatoms. The van der Waals surface area contributed by atoms with Gasteiger partial charge in [0.05, 0.1) is 13.2 Å². The molecule has 0 radical (unpaired) electrons. The van der Waals surface area contributed by atoms with Gasteiger partial charge >= 0.3 is 0 Å². The minimum Gasteiger partial charge on any atom is -0.383 e. The summed E-state index contributed by atoms with van der Waals surface area (Å²) in [5.41, 5.74) is 1.37. The van der Waals surface area contributed by atoms with Crippen molar-refractivity contribution in [2.45, 2.75) is 13.1 Å². The van der Waals surface area contributed by atoms with Gasteiger partial charge in [-0.15, -0.1) is 0 Å². The summed E-state index contributed by atoms with van der Waals surface area (Å²) in [5.74, 6) is 0.301. The van der Waals surface area contributed by atoms with Gasteiger partial charge in [0.25, 0.3) is 5.91 Å². The van der Waals surface area contributed by atoms with Gasteiger partial charge in [-0.2, -0.15) is 0 Å². The van der Waals surface area contributed by atoms with Crippen molar-refractivity contribution in [1.29, 1.82) is 0 Å². The zero-order chi connectivity index (χ0) is 19.9. The van der Waals surface area contributed by atoms with Gasteiger partial charge in [-0.3, -0.25) is 4.79 Å². The molecule has 3 aromatic rings. The van der Waals surface area contributed by atoms with Gasteiger partial charge in [0, 0.05) is 43.2 Å². The molecule has 0 spiro atoms. The first kappa shape index (κ1) is 20.0. The number of imidazole rings is 1. The molecule has 0 aliphatic heterocycles. The first-order chi connectivity index (χ1) is 13.6. The van der Waals surface area contributed by atoms with Gasteiger partial charge in [-0.05, 0) is 42.0 Å². The summed E-state index contributed by atoms with van der Waals surface area (Å²) in [4.78, 5) is 19.0. The minimum atomic E-state index is -0.279. The van der Waals surface area contributed by atoms with E-state index in [2.05, 4.69) is 4.98 Å². The number of benzene rings is 2. The molecule has 0 atom stereocenters. The SMILES string of the molecule is COCCN(Cc1nccn1Cc1cccc(F)c1)C(=O)c1ccc(Cl)cc1. The van der Waals surface area contributed by atoms with Crippen LogP contribution in [0.4, 0.5) is 4.39 Å². The second-order valence-electron chi connectivity index (χ2n) is 6.33. The third kappa shape index (κ3) is 5.18. The van der Waals surface area contributed by atoms with Crippen LogP contribution in [-0.2, 0) is 17.8 Å². The first-order valence-electron chi connectivity index (χ1n) is 8.85. The molecule has 1 amide bonds. The van der Waals surface area contributed by atoms with Crippen LogP contribution in [0.5, 0.6) is 0 Å². The molecular formula is C21H21ClFN3O2. The highest BCUT2D eigenvalue weighted by molar-refractivity contribution is 6.30. The number of methoxy groups -OCH3 is 1. The van der Waals surface area contributed by atoms with Crippen LogP contribution in [0.1, 0.15) is 21.7 Å². The quantitative estimate of drug-likeness (QED) is 0.573. The van der Waals surface area contributed by atoms with Gasteiger partial charge in [0.15, 0.2) is 0 Å². The summed E-state index contributed by atoms with van der Waals surface area (Å²) in [6, 6.07) is 13.2. The molecule has 3 rings (SSSR count). The average molecular weight is 402 g/mol. The lowest BCUT2D eigenvalue weighted by atomic mass is 10.2. The second kappa shape index (κ2) is 9.48. The van der Waals surface area contributed by atoms with Crippen LogP contribution in [-0.4, -0.2) is 40.6 Å². The fraction of sp³-hybridized carbons (Fsp3) is 0.238. The maximum absolute atomic E-state index is 13.5. The lowest BCUT2D eigenvalue weighted by Gasteiger charge is -2.23. The molecule has 1 heterocycles. The van der Waals surface area contributed by atoms with Crippen LogP contribution in [0.25, 0.3) is 0 Å². The number of carbonyl (C=O) groups is 1. The normalized spacial score (nSPS) is 10.8. The van der Waals surface area contributed by atoms with E-state index >= 15 is 0 Å². The van der Waals surface area contributed by atoms with Crippen LogP contribution < -0.4 is 0 Å². The molecule has 0 aliphatic carbocycles. The molecule has 0 saturated carbocycles. The van der Waals surface area contributed by atoms with E-state index in [1.54, 1.807) is 48.5 Å². The summed E-state index contributed by atoms with van der Waals surface area (Å²) >= 11 is 5.92. The Morgan fingerprint density at radius 1 is 1.25 bits per heavy atom. The molecular weight excluding hydrogens is 381 g/mol. The molecule has 28 heavy (non-hydrogen) atoms. The standard InChI is InChI=1S/C21H21ClFN3O2/c1-28-12-11-26(21(27)17-5-7-18(22)8-6-17)15-20-24-9-10-25(20)14-16-3-2-4-19(23)13-16/h2-10,13H,11-12,14-15H2,1H3. The number of carbonyl (C=O) groups excluding carboxylic acids is 1. The third-order valence-corrected chi connectivity index (χ3v) is 4.57. The van der Waals surface area contributed by atoms with Crippen LogP contribution in [0.15, 0.2) is 60.9 Å². The van der Waals surface area contributed by atoms with E-state index in [0.717, 1.165) is 5.56 Å². The largest absolute Gasteiger partial charge is 0.383 e. The number of rotatable bonds is 8. The van der Waals surface area contributed by atoms with E-state index < -0.39 is 0 Å². The van der Waals surface area contributed by atoms with Crippen molar-refractivity contribution in [2.75, 3.05) is 20.3 Å². The smallest absolute Gasteiger partial charge is 0.254 e. The highest BCUT2D eigenvalue weighted by Crippen LogP contribution is 2.14. The fourth-order valence-corrected chi connectivity index (χ4v) is 2.99. The number of halogens is 2. The Bertz CT molecular complexity index is 927. The highest BCUT2D eigenvalue weighted by atomic mass is 35.5. The average Bonchev–Trinajstić information content (AvgIpc) is 3.12. The van der Waals surface area contributed by atoms with Crippen molar-refractivity contribution in [2.24, 2.45) is 0 Å². The Kier molecular flexibility index (Phi) is 6.79. The van der Waals surface area contributed by atoms with E-state index in [0.29, 0.717) is 42.7 Å². The predicted molar refractivity (Wildman–Crippen MR) is 106 cm³/mol. The molecule has 0 bridgehead atoms. The van der Waals surface area contributed by atoms with E-state index in [1.807, 2.05) is 16.8 Å². The maximum Gasteiger partial charge on any atom is 0.254 e. The van der Waals surface area contributed by atoms with E-state index in [4.69, 9.17) is 16.3 Å². The van der Waals surface area contributed by atoms with Crippen molar-refractivity contribution in [3.63, 3.8) is 0 Å². The topological polar surface area (TPSA) is 47.4 Å². The summed E-state index contributed by atoms with van der Waals surface area (Å²) in [7, 11) is 1.59. The Hall–Kier alpha value is -2.70. The molecule has 0 saturated heterocycles. The maximum atomic E-state index is 13.5. The zero-order valence-corrected chi connectivity index (χ0v) is 16.3. The number of amides is 1. The summed E-state index contributed by atoms with van der Waals surface area (Å²) in [6.07, 6.45) is 3.50. The lowest BCUT2D eigenvalue weighted by molar-refractivity contribution is 0.0673. The van der Waals surface area contributed by atoms with Gasteiger partial charge < -0.3 is 14.2 Å². The third-order valence-electron chi connectivity index (χ3n) is 4.32. The second-order valence-corrected chi connectivity index (χ2v) is 6.76. The molecule has 0 aliphatic rings. The van der Waals surface area contributed by atoms with Crippen molar-refractivity contribution in [3.8, 4) is 0 Å². The van der Waals surface area contributed by atoms with Crippen LogP contribution in [0, 0.1) is 5.82 Å². The molecule has 5 nitrogen and oxygen atoms in total. The number of hydrogen-bond acceptors (Lipinski definition) is 3. The van der Waals surface area contributed by atoms with Crippen LogP contribution in [0.3, 0.4) is 0 Å². The van der Waals surface area contributed by atoms with Gasteiger partial charge in [0.1, 0.15) is 11.6 Å². The highest BCUT2D eigenvalue weighted by Gasteiger charge is 2.18. The van der Waals surface area contributed by atoms with Crippen LogP contribution >= 0.6 is 11.6 Å². The molecule has 0 unspecified atom stereocenters.